The number of Topliss-reactive ketones (excluding diaryl/α,β-unsaturated/α-hetero) is 1. The van der Waals surface area contributed by atoms with Gasteiger partial charge >= 0.3 is 0 Å². The van der Waals surface area contributed by atoms with Crippen LogP contribution < -0.4 is 9.64 Å². The third kappa shape index (κ3) is 5.07. The summed E-state index contributed by atoms with van der Waals surface area (Å²) in [4.78, 5) is 26.2. The minimum Gasteiger partial charge on any atom is -0.484 e. The van der Waals surface area contributed by atoms with Gasteiger partial charge in [0.2, 0.25) is 0 Å². The number of amides is 1. The molecule has 1 amide bonds. The monoisotopic (exact) mass is 373 g/mol. The zero-order chi connectivity index (χ0) is 19.9. The van der Waals surface area contributed by atoms with Crippen molar-refractivity contribution in [3.8, 4) is 5.75 Å². The van der Waals surface area contributed by atoms with Crippen LogP contribution in [0.5, 0.6) is 5.75 Å². The molecule has 0 saturated heterocycles. The van der Waals surface area contributed by atoms with E-state index in [0.717, 1.165) is 16.8 Å². The minimum atomic E-state index is -0.150. The molecule has 142 valence electrons. The van der Waals surface area contributed by atoms with Gasteiger partial charge in [0.1, 0.15) is 5.75 Å². The molecule has 0 aromatic heterocycles. The highest BCUT2D eigenvalue weighted by molar-refractivity contribution is 5.95. The summed E-state index contributed by atoms with van der Waals surface area (Å²) in [5.41, 5.74) is 3.51. The number of benzene rings is 3. The van der Waals surface area contributed by atoms with E-state index in [0.29, 0.717) is 17.9 Å². The molecular weight excluding hydrogens is 350 g/mol. The number of hydrogen-bond donors (Lipinski definition) is 0. The van der Waals surface area contributed by atoms with E-state index in [1.54, 1.807) is 29.2 Å². The van der Waals surface area contributed by atoms with Crippen LogP contribution in [0.2, 0.25) is 0 Å². The average Bonchev–Trinajstić information content (AvgIpc) is 2.71. The van der Waals surface area contributed by atoms with E-state index in [4.69, 9.17) is 4.74 Å². The van der Waals surface area contributed by atoms with Gasteiger partial charge in [-0.15, -0.1) is 0 Å². The first kappa shape index (κ1) is 19.4. The van der Waals surface area contributed by atoms with Crippen LogP contribution in [-0.2, 0) is 11.3 Å². The maximum Gasteiger partial charge on any atom is 0.265 e. The first-order valence-electron chi connectivity index (χ1n) is 9.18. The largest absolute Gasteiger partial charge is 0.484 e. The molecule has 0 radical (unpaired) electrons. The molecule has 0 aliphatic carbocycles. The molecule has 0 N–H and O–H groups in total. The van der Waals surface area contributed by atoms with Crippen molar-refractivity contribution >= 4 is 17.4 Å². The normalized spacial score (nSPS) is 10.4. The van der Waals surface area contributed by atoms with Crippen molar-refractivity contribution < 1.29 is 14.3 Å². The van der Waals surface area contributed by atoms with Crippen LogP contribution in [0.15, 0.2) is 78.9 Å². The highest BCUT2D eigenvalue weighted by Crippen LogP contribution is 2.20. The van der Waals surface area contributed by atoms with Crippen molar-refractivity contribution in [2.45, 2.75) is 20.4 Å². The van der Waals surface area contributed by atoms with Crippen LogP contribution >= 0.6 is 0 Å². The van der Waals surface area contributed by atoms with Gasteiger partial charge < -0.3 is 9.64 Å². The number of carbonyl (C=O) groups is 2. The second-order valence-electron chi connectivity index (χ2n) is 6.68. The maximum absolute atomic E-state index is 13.0. The van der Waals surface area contributed by atoms with Gasteiger partial charge in [0.15, 0.2) is 12.4 Å². The van der Waals surface area contributed by atoms with Gasteiger partial charge in [0, 0.05) is 11.3 Å². The average molecular weight is 373 g/mol. The lowest BCUT2D eigenvalue weighted by atomic mass is 10.1. The summed E-state index contributed by atoms with van der Waals surface area (Å²) in [5, 5.41) is 0. The summed E-state index contributed by atoms with van der Waals surface area (Å²) in [5.74, 6) is 0.315. The van der Waals surface area contributed by atoms with E-state index in [1.807, 2.05) is 61.5 Å². The van der Waals surface area contributed by atoms with Crippen LogP contribution in [0.1, 0.15) is 28.4 Å². The van der Waals surface area contributed by atoms with Crippen molar-refractivity contribution in [2.75, 3.05) is 11.5 Å². The first-order chi connectivity index (χ1) is 13.5. The first-order valence-corrected chi connectivity index (χ1v) is 9.18. The standard InChI is InChI=1S/C24H23NO3/c1-18-8-6-12-22(14-18)25(16-20-9-4-3-5-10-20)24(27)17-28-23-13-7-11-21(15-23)19(2)26/h3-15H,16-17H2,1-2H3. The molecule has 3 aromatic carbocycles. The lowest BCUT2D eigenvalue weighted by Crippen LogP contribution is -2.34. The maximum atomic E-state index is 13.0. The number of hydrogen-bond acceptors (Lipinski definition) is 3. The van der Waals surface area contributed by atoms with Crippen molar-refractivity contribution in [2.24, 2.45) is 0 Å². The Kier molecular flexibility index (Phi) is 6.22. The molecule has 0 atom stereocenters. The fourth-order valence-corrected chi connectivity index (χ4v) is 2.91. The molecule has 28 heavy (non-hydrogen) atoms. The molecule has 0 fully saturated rings. The number of ether oxygens (including phenoxy) is 1. The molecule has 0 aliphatic heterocycles. The SMILES string of the molecule is CC(=O)c1cccc(OCC(=O)N(Cc2ccccc2)c2cccc(C)c2)c1. The van der Waals surface area contributed by atoms with Crippen LogP contribution in [0, 0.1) is 6.92 Å². The Morgan fingerprint density at radius 1 is 0.893 bits per heavy atom. The third-order valence-electron chi connectivity index (χ3n) is 4.40. The molecule has 0 aliphatic rings. The molecule has 0 saturated carbocycles. The van der Waals surface area contributed by atoms with E-state index in [1.165, 1.54) is 6.92 Å². The third-order valence-corrected chi connectivity index (χ3v) is 4.40. The van der Waals surface area contributed by atoms with Crippen molar-refractivity contribution in [3.63, 3.8) is 0 Å². The second-order valence-corrected chi connectivity index (χ2v) is 6.68. The highest BCUT2D eigenvalue weighted by Gasteiger charge is 2.17. The molecule has 0 heterocycles. The smallest absolute Gasteiger partial charge is 0.265 e. The van der Waals surface area contributed by atoms with Crippen molar-refractivity contribution in [1.82, 2.24) is 0 Å². The van der Waals surface area contributed by atoms with E-state index in [2.05, 4.69) is 0 Å². The van der Waals surface area contributed by atoms with Crippen LogP contribution in [0.25, 0.3) is 0 Å². The Hall–Kier alpha value is -3.40. The van der Waals surface area contributed by atoms with Gasteiger partial charge in [-0.25, -0.2) is 0 Å². The van der Waals surface area contributed by atoms with Gasteiger partial charge in [-0.2, -0.15) is 0 Å². The van der Waals surface area contributed by atoms with Crippen molar-refractivity contribution in [3.05, 3.63) is 95.6 Å². The van der Waals surface area contributed by atoms with Gasteiger partial charge in [-0.3, -0.25) is 9.59 Å². The number of aryl methyl sites for hydroxylation is 1. The Morgan fingerprint density at radius 2 is 1.64 bits per heavy atom. The van der Waals surface area contributed by atoms with Gasteiger partial charge in [-0.05, 0) is 49.2 Å². The Bertz CT molecular complexity index is 966. The molecule has 3 rings (SSSR count). The van der Waals surface area contributed by atoms with Gasteiger partial charge in [0.25, 0.3) is 5.91 Å². The molecule has 0 unspecified atom stereocenters. The summed E-state index contributed by atoms with van der Waals surface area (Å²) < 4.78 is 5.69. The summed E-state index contributed by atoms with van der Waals surface area (Å²) in [6.07, 6.45) is 0. The quantitative estimate of drug-likeness (QED) is 0.558. The number of anilines is 1. The summed E-state index contributed by atoms with van der Waals surface area (Å²) in [7, 11) is 0. The molecule has 3 aromatic rings. The van der Waals surface area contributed by atoms with Crippen molar-refractivity contribution in [1.29, 1.82) is 0 Å². The Labute approximate surface area is 165 Å². The summed E-state index contributed by atoms with van der Waals surface area (Å²) >= 11 is 0. The number of rotatable bonds is 7. The molecule has 4 heteroatoms. The van der Waals surface area contributed by atoms with Gasteiger partial charge in [0.05, 0.1) is 6.54 Å². The van der Waals surface area contributed by atoms with Gasteiger partial charge in [-0.1, -0.05) is 54.6 Å². The van der Waals surface area contributed by atoms with E-state index < -0.39 is 0 Å². The molecular formula is C24H23NO3. The zero-order valence-corrected chi connectivity index (χ0v) is 16.1. The molecule has 0 spiro atoms. The summed E-state index contributed by atoms with van der Waals surface area (Å²) in [6.45, 7) is 3.85. The predicted molar refractivity (Wildman–Crippen MR) is 111 cm³/mol. The van der Waals surface area contributed by atoms with E-state index >= 15 is 0 Å². The zero-order valence-electron chi connectivity index (χ0n) is 16.1. The second kappa shape index (κ2) is 9.00. The lowest BCUT2D eigenvalue weighted by molar-refractivity contribution is -0.120. The highest BCUT2D eigenvalue weighted by atomic mass is 16.5. The van der Waals surface area contributed by atoms with Crippen LogP contribution in [0.4, 0.5) is 5.69 Å². The Balaban J connectivity index is 1.78. The number of ketones is 1. The summed E-state index contributed by atoms with van der Waals surface area (Å²) in [6, 6.07) is 24.6. The number of nitrogens with zero attached hydrogens (tertiary/aromatic N) is 1. The van der Waals surface area contributed by atoms with Crippen LogP contribution in [0.3, 0.4) is 0 Å². The predicted octanol–water partition coefficient (Wildman–Crippen LogP) is 4.81. The fourth-order valence-electron chi connectivity index (χ4n) is 2.91. The minimum absolute atomic E-state index is 0.0396. The number of carbonyl (C=O) groups excluding carboxylic acids is 2. The Morgan fingerprint density at radius 3 is 2.36 bits per heavy atom. The molecule has 4 nitrogen and oxygen atoms in total. The molecule has 0 bridgehead atoms. The van der Waals surface area contributed by atoms with E-state index in [9.17, 15) is 9.59 Å². The fraction of sp³-hybridized carbons (Fsp3) is 0.167. The topological polar surface area (TPSA) is 46.6 Å². The lowest BCUT2D eigenvalue weighted by Gasteiger charge is -2.23. The van der Waals surface area contributed by atoms with Crippen LogP contribution in [-0.4, -0.2) is 18.3 Å². The van der Waals surface area contributed by atoms with E-state index in [-0.39, 0.29) is 18.3 Å².